The van der Waals surface area contributed by atoms with Crippen LogP contribution in [0.15, 0.2) is 88.6 Å². The Bertz CT molecular complexity index is 1460. The third-order valence-electron chi connectivity index (χ3n) is 6.73. The lowest BCUT2D eigenvalue weighted by atomic mass is 9.98. The molecular weight excluding hydrogens is 467 g/mol. The zero-order chi connectivity index (χ0) is 26.0. The van der Waals surface area contributed by atoms with Crippen molar-refractivity contribution in [3.63, 3.8) is 0 Å². The van der Waals surface area contributed by atoms with Crippen LogP contribution in [-0.2, 0) is 9.59 Å². The van der Waals surface area contributed by atoms with Crippen LogP contribution in [0.2, 0.25) is 0 Å². The smallest absolute Gasteiger partial charge is 0.236 e. The molecule has 1 fully saturated rings. The van der Waals surface area contributed by atoms with Gasteiger partial charge in [-0.1, -0.05) is 37.6 Å². The summed E-state index contributed by atoms with van der Waals surface area (Å²) in [5.74, 6) is 0.769. The highest BCUT2D eigenvalue weighted by molar-refractivity contribution is 6.17. The van der Waals surface area contributed by atoms with Gasteiger partial charge in [0.05, 0.1) is 12.1 Å². The highest BCUT2D eigenvalue weighted by Gasteiger charge is 2.38. The van der Waals surface area contributed by atoms with Crippen molar-refractivity contribution in [3.8, 4) is 11.1 Å². The molecule has 37 heavy (non-hydrogen) atoms. The molecule has 0 bridgehead atoms. The van der Waals surface area contributed by atoms with Crippen molar-refractivity contribution >= 4 is 35.1 Å². The van der Waals surface area contributed by atoms with Gasteiger partial charge in [-0.2, -0.15) is 4.99 Å². The van der Waals surface area contributed by atoms with Gasteiger partial charge < -0.3 is 5.32 Å². The first-order valence-electron chi connectivity index (χ1n) is 12.4. The molecule has 1 atom stereocenters. The lowest BCUT2D eigenvalue weighted by Crippen LogP contribution is -2.43. The fourth-order valence-corrected chi connectivity index (χ4v) is 4.62. The summed E-state index contributed by atoms with van der Waals surface area (Å²) in [4.78, 5) is 28.6. The van der Waals surface area contributed by atoms with E-state index in [0.717, 1.165) is 53.0 Å². The standard InChI is InChI=1S/C30H27FN4O2/c1-3-4-9-28-33-30(21-10-14-23(31)15-11-21)34-35(28,2)24-16-12-20(13-17-24)25-8-6-5-7-22(25)18-26-27(36)19-29(37)32-26/h5-8,10-18H,3-4,9,19H2,1-2H3/p+1/b26-18-. The van der Waals surface area contributed by atoms with E-state index in [1.54, 1.807) is 18.2 Å². The van der Waals surface area contributed by atoms with E-state index >= 15 is 0 Å². The molecule has 2 aliphatic heterocycles. The highest BCUT2D eigenvalue weighted by atomic mass is 19.1. The molecule has 3 aromatic rings. The molecule has 5 rings (SSSR count). The van der Waals surface area contributed by atoms with Crippen LogP contribution in [-0.4, -0.2) is 30.4 Å². The van der Waals surface area contributed by atoms with Gasteiger partial charge in [-0.05, 0) is 70.7 Å². The van der Waals surface area contributed by atoms with E-state index in [-0.39, 0.29) is 28.5 Å². The summed E-state index contributed by atoms with van der Waals surface area (Å²) < 4.78 is 13.7. The number of allylic oxidation sites excluding steroid dienone is 1. The van der Waals surface area contributed by atoms with Crippen LogP contribution in [0.4, 0.5) is 10.1 Å². The van der Waals surface area contributed by atoms with Gasteiger partial charge in [0.15, 0.2) is 11.5 Å². The largest absolute Gasteiger partial charge is 0.323 e. The second kappa shape index (κ2) is 10.0. The molecule has 2 heterocycles. The molecule has 7 heteroatoms. The number of carbonyl (C=O) groups is 2. The molecule has 186 valence electrons. The predicted octanol–water partition coefficient (Wildman–Crippen LogP) is 5.82. The molecule has 1 saturated heterocycles. The number of quaternary nitrogens is 1. The number of rotatable bonds is 7. The van der Waals surface area contributed by atoms with Gasteiger partial charge in [-0.3, -0.25) is 9.59 Å². The maximum Gasteiger partial charge on any atom is 0.236 e. The minimum atomic E-state index is -0.291. The molecule has 1 N–H and O–H groups in total. The van der Waals surface area contributed by atoms with E-state index < -0.39 is 0 Å². The Hall–Kier alpha value is -4.23. The van der Waals surface area contributed by atoms with E-state index in [9.17, 15) is 14.0 Å². The number of nitrogens with zero attached hydrogens (tertiary/aromatic N) is 3. The number of amides is 1. The molecule has 0 radical (unpaired) electrons. The normalized spacial score (nSPS) is 20.2. The van der Waals surface area contributed by atoms with Crippen LogP contribution in [0.3, 0.4) is 0 Å². The van der Waals surface area contributed by atoms with Crippen LogP contribution < -0.4 is 9.91 Å². The number of hydrogen-bond donors (Lipinski definition) is 1. The van der Waals surface area contributed by atoms with Crippen LogP contribution in [0.1, 0.15) is 43.7 Å². The van der Waals surface area contributed by atoms with E-state index in [0.29, 0.717) is 11.5 Å². The van der Waals surface area contributed by atoms with Crippen molar-refractivity contribution in [2.75, 3.05) is 7.05 Å². The van der Waals surface area contributed by atoms with E-state index in [1.165, 1.54) is 12.1 Å². The second-order valence-electron chi connectivity index (χ2n) is 9.36. The number of unbranched alkanes of at least 4 members (excludes halogenated alkanes) is 1. The number of ketones is 1. The summed E-state index contributed by atoms with van der Waals surface area (Å²) in [5, 5.41) is 7.61. The van der Waals surface area contributed by atoms with Crippen LogP contribution >= 0.6 is 0 Å². The first-order valence-corrected chi connectivity index (χ1v) is 12.4. The zero-order valence-electron chi connectivity index (χ0n) is 20.9. The Labute approximate surface area is 215 Å². The molecule has 0 spiro atoms. The van der Waals surface area contributed by atoms with Gasteiger partial charge in [0.2, 0.25) is 17.6 Å². The molecule has 0 aromatic heterocycles. The molecule has 1 amide bonds. The summed E-state index contributed by atoms with van der Waals surface area (Å²) in [6, 6.07) is 22.2. The van der Waals surface area contributed by atoms with Crippen LogP contribution in [0.5, 0.6) is 0 Å². The average molecular weight is 496 g/mol. The molecular formula is C30H28FN4O2+. The van der Waals surface area contributed by atoms with Gasteiger partial charge in [0.1, 0.15) is 12.9 Å². The average Bonchev–Trinajstić information content (AvgIpc) is 3.41. The maximum absolute atomic E-state index is 13.5. The number of Topliss-reactive ketones (excluding diaryl/α,β-unsaturated/α-hetero) is 1. The van der Waals surface area contributed by atoms with E-state index in [2.05, 4.69) is 12.2 Å². The Kier molecular flexibility index (Phi) is 6.63. The SMILES string of the molecule is CCCCC1=NC(c2ccc(F)cc2)=N[N+]1(C)c1ccc(-c2ccccc2/C=C2\NC(=O)CC2=O)cc1. The Morgan fingerprint density at radius 1 is 0.973 bits per heavy atom. The number of hydrogen-bond acceptors (Lipinski definition) is 4. The fourth-order valence-electron chi connectivity index (χ4n) is 4.62. The van der Waals surface area contributed by atoms with Gasteiger partial charge in [0, 0.05) is 24.1 Å². The molecule has 0 saturated carbocycles. The lowest BCUT2D eigenvalue weighted by molar-refractivity contribution is -0.121. The molecule has 1 unspecified atom stereocenters. The Morgan fingerprint density at radius 3 is 2.35 bits per heavy atom. The number of aliphatic imine (C=N–C) groups is 1. The predicted molar refractivity (Wildman–Crippen MR) is 145 cm³/mol. The maximum atomic E-state index is 13.5. The summed E-state index contributed by atoms with van der Waals surface area (Å²) in [5.41, 5.74) is 4.85. The van der Waals surface area contributed by atoms with E-state index in [4.69, 9.17) is 10.1 Å². The van der Waals surface area contributed by atoms with Crippen molar-refractivity contribution in [2.24, 2.45) is 10.1 Å². The topological polar surface area (TPSA) is 70.9 Å². The minimum absolute atomic E-state index is 0.110. The molecule has 6 nitrogen and oxygen atoms in total. The fraction of sp³-hybridized carbons (Fsp3) is 0.200. The van der Waals surface area contributed by atoms with Crippen molar-refractivity contribution < 1.29 is 14.0 Å². The molecule has 3 aromatic carbocycles. The highest BCUT2D eigenvalue weighted by Crippen LogP contribution is 2.33. The van der Waals surface area contributed by atoms with Gasteiger partial charge in [0.25, 0.3) is 0 Å². The van der Waals surface area contributed by atoms with Crippen molar-refractivity contribution in [3.05, 3.63) is 95.4 Å². The van der Waals surface area contributed by atoms with Gasteiger partial charge in [-0.15, -0.1) is 4.59 Å². The molecule has 0 aliphatic carbocycles. The minimum Gasteiger partial charge on any atom is -0.323 e. The summed E-state index contributed by atoms with van der Waals surface area (Å²) >= 11 is 0. The number of halogens is 1. The molecule has 2 aliphatic rings. The number of amidine groups is 2. The Morgan fingerprint density at radius 2 is 1.68 bits per heavy atom. The van der Waals surface area contributed by atoms with Gasteiger partial charge >= 0.3 is 0 Å². The third-order valence-corrected chi connectivity index (χ3v) is 6.73. The number of benzene rings is 3. The summed E-state index contributed by atoms with van der Waals surface area (Å²) in [7, 11) is 2.02. The number of nitrogens with one attached hydrogen (secondary N) is 1. The van der Waals surface area contributed by atoms with Crippen molar-refractivity contribution in [1.29, 1.82) is 0 Å². The van der Waals surface area contributed by atoms with Crippen LogP contribution in [0.25, 0.3) is 17.2 Å². The first-order chi connectivity index (χ1) is 17.9. The lowest BCUT2D eigenvalue weighted by Gasteiger charge is -2.24. The van der Waals surface area contributed by atoms with Gasteiger partial charge in [-0.25, -0.2) is 4.39 Å². The third kappa shape index (κ3) is 4.90. The Balaban J connectivity index is 1.49. The number of carbonyl (C=O) groups excluding carboxylic acids is 2. The van der Waals surface area contributed by atoms with E-state index in [1.807, 2.05) is 55.6 Å². The van der Waals surface area contributed by atoms with Crippen molar-refractivity contribution in [2.45, 2.75) is 32.6 Å². The van der Waals surface area contributed by atoms with Crippen molar-refractivity contribution in [1.82, 2.24) is 9.91 Å². The summed E-state index contributed by atoms with van der Waals surface area (Å²) in [6.45, 7) is 2.15. The zero-order valence-corrected chi connectivity index (χ0v) is 20.9. The quantitative estimate of drug-likeness (QED) is 0.255. The monoisotopic (exact) mass is 495 g/mol. The second-order valence-corrected chi connectivity index (χ2v) is 9.36. The van der Waals surface area contributed by atoms with Crippen LogP contribution in [0, 0.1) is 5.82 Å². The summed E-state index contributed by atoms with van der Waals surface area (Å²) in [6.07, 6.45) is 4.47. The first kappa shape index (κ1) is 24.5.